The Labute approximate surface area is 98.1 Å². The Morgan fingerprint density at radius 3 is 2.31 bits per heavy atom. The number of thiol groups is 1. The molecular weight excluding hydrogens is 252 g/mol. The summed E-state index contributed by atoms with van der Waals surface area (Å²) in [5.41, 5.74) is 8.62. The summed E-state index contributed by atoms with van der Waals surface area (Å²) in [6, 6.07) is 10.7. The maximum atomic E-state index is 4.71. The molecule has 0 aliphatic rings. The summed E-state index contributed by atoms with van der Waals surface area (Å²) in [4.78, 5) is 0. The minimum absolute atomic E-state index is 0.143. The number of hydrogen-bond donors (Lipinski definition) is 2. The molecule has 1 nitrogen and oxygen atoms in total. The number of hydrogen-bond acceptors (Lipinski definition) is 1. The van der Waals surface area contributed by atoms with E-state index in [1.165, 1.54) is 10.6 Å². The molecule has 0 saturated carbocycles. The zero-order valence-corrected chi connectivity index (χ0v) is 12.4. The normalized spacial score (nSPS) is 7.85. The van der Waals surface area contributed by atoms with Gasteiger partial charge < -0.3 is 5.73 Å². The fourth-order valence-corrected chi connectivity index (χ4v) is 2.84. The van der Waals surface area contributed by atoms with Crippen LogP contribution in [0.5, 0.6) is 0 Å². The van der Waals surface area contributed by atoms with Crippen molar-refractivity contribution in [3.05, 3.63) is 35.9 Å². The zero-order valence-electron chi connectivity index (χ0n) is 7.73. The van der Waals surface area contributed by atoms with Gasteiger partial charge in [-0.25, -0.2) is 0 Å². The van der Waals surface area contributed by atoms with Crippen LogP contribution in [-0.2, 0) is 22.1 Å². The van der Waals surface area contributed by atoms with Crippen LogP contribution in [0.1, 0.15) is 5.56 Å². The van der Waals surface area contributed by atoms with Gasteiger partial charge in [0.2, 0.25) is 0 Å². The number of thiocarbonyl (C=S) groups is 1. The average molecular weight is 265 g/mol. The summed E-state index contributed by atoms with van der Waals surface area (Å²) >= 11 is 7.51. The first-order valence-corrected chi connectivity index (χ1v) is 10.1. The Morgan fingerprint density at radius 2 is 1.92 bits per heavy atom. The molecule has 2 N–H and O–H groups in total. The standard InChI is InChI=1S/C7H7.CH3NS2.CH3.Zn/c1-7-5-3-2-4-6-7;2-1(3)4;;/h2-6H,1H2;(H3,2,3,4);1H3;. The van der Waals surface area contributed by atoms with Crippen LogP contribution in [0, 0.1) is 0 Å². The summed E-state index contributed by atoms with van der Waals surface area (Å²) in [5.74, 6) is 0. The third-order valence-corrected chi connectivity index (χ3v) is 3.64. The fourth-order valence-electron chi connectivity index (χ4n) is 0.933. The molecule has 0 heterocycles. The third kappa shape index (κ3) is 10.0. The Morgan fingerprint density at radius 1 is 1.46 bits per heavy atom. The predicted molar refractivity (Wildman–Crippen MR) is 61.8 cm³/mol. The first kappa shape index (κ1) is 13.1. The molecule has 0 spiro atoms. The van der Waals surface area contributed by atoms with Crippen molar-refractivity contribution in [1.82, 2.24) is 0 Å². The van der Waals surface area contributed by atoms with Gasteiger partial charge in [-0.05, 0) is 0 Å². The van der Waals surface area contributed by atoms with Gasteiger partial charge in [-0.2, -0.15) is 0 Å². The molecule has 0 unspecified atom stereocenters. The zero-order chi connectivity index (χ0) is 10.1. The van der Waals surface area contributed by atoms with Crippen LogP contribution in [0.25, 0.3) is 0 Å². The molecule has 0 fully saturated rings. The van der Waals surface area contributed by atoms with E-state index in [-0.39, 0.29) is 21.4 Å². The molecule has 0 aliphatic heterocycles. The van der Waals surface area contributed by atoms with E-state index < -0.39 is 0 Å². The van der Waals surface area contributed by atoms with Crippen LogP contribution in [-0.4, -0.2) is 4.32 Å². The van der Waals surface area contributed by atoms with Gasteiger partial charge in [-0.3, -0.25) is 0 Å². The first-order valence-electron chi connectivity index (χ1n) is 4.19. The Hall–Kier alpha value is 0.0834. The van der Waals surface area contributed by atoms with Gasteiger partial charge in [0.05, 0.1) is 0 Å². The summed E-state index contributed by atoms with van der Waals surface area (Å²) in [6.07, 6.45) is 0. The molecule has 0 amide bonds. The van der Waals surface area contributed by atoms with Crippen molar-refractivity contribution < 1.29 is 17.1 Å². The predicted octanol–water partition coefficient (Wildman–Crippen LogP) is 2.48. The summed E-state index contributed by atoms with van der Waals surface area (Å²) in [5, 5.41) is 1.40. The molecule has 4 heteroatoms. The van der Waals surface area contributed by atoms with Crippen LogP contribution in [0.15, 0.2) is 30.3 Å². The molecule has 0 atom stereocenters. The maximum absolute atomic E-state index is 4.71. The molecule has 1 aromatic rings. The van der Waals surface area contributed by atoms with Gasteiger partial charge in [0.25, 0.3) is 0 Å². The van der Waals surface area contributed by atoms with E-state index in [9.17, 15) is 0 Å². The van der Waals surface area contributed by atoms with Crippen molar-refractivity contribution in [1.29, 1.82) is 0 Å². The van der Waals surface area contributed by atoms with E-state index in [1.807, 2.05) is 0 Å². The van der Waals surface area contributed by atoms with Gasteiger partial charge in [0.1, 0.15) is 4.32 Å². The van der Waals surface area contributed by atoms with Crippen molar-refractivity contribution in [2.24, 2.45) is 5.73 Å². The van der Waals surface area contributed by atoms with Crippen molar-refractivity contribution in [3.63, 3.8) is 0 Å². The van der Waals surface area contributed by atoms with E-state index >= 15 is 0 Å². The van der Waals surface area contributed by atoms with Crippen molar-refractivity contribution in [2.45, 2.75) is 10.5 Å². The molecule has 1 aromatic carbocycles. The van der Waals surface area contributed by atoms with Gasteiger partial charge in [0.15, 0.2) is 0 Å². The molecule has 13 heavy (non-hydrogen) atoms. The quantitative estimate of drug-likeness (QED) is 0.488. The molecular formula is C9H13NS2Zn. The van der Waals surface area contributed by atoms with Gasteiger partial charge >= 0.3 is 63.6 Å². The third-order valence-electron chi connectivity index (χ3n) is 1.38. The van der Waals surface area contributed by atoms with Crippen LogP contribution in [0.3, 0.4) is 0 Å². The average Bonchev–Trinajstić information content (AvgIpc) is 2.06. The van der Waals surface area contributed by atoms with Crippen LogP contribution >= 0.6 is 24.8 Å². The molecule has 0 aliphatic carbocycles. The van der Waals surface area contributed by atoms with Gasteiger partial charge in [0, 0.05) is 0 Å². The van der Waals surface area contributed by atoms with Crippen LogP contribution in [0.2, 0.25) is 5.52 Å². The monoisotopic (exact) mass is 263 g/mol. The second-order valence-corrected chi connectivity index (χ2v) is 6.95. The topological polar surface area (TPSA) is 26.0 Å². The van der Waals surface area contributed by atoms with E-state index in [1.54, 1.807) is 0 Å². The molecule has 0 radical (unpaired) electrons. The summed E-state index contributed by atoms with van der Waals surface area (Å²) in [7, 11) is 0. The molecule has 1 rings (SSSR count). The number of rotatable bonds is 2. The van der Waals surface area contributed by atoms with E-state index in [2.05, 4.69) is 60.7 Å². The molecule has 0 bridgehead atoms. The molecule has 68 valence electrons. The number of benzene rings is 1. The first-order chi connectivity index (χ1) is 6.16. The Balaban J connectivity index is 0.000000310. The van der Waals surface area contributed by atoms with Crippen molar-refractivity contribution in [2.75, 3.05) is 0 Å². The summed E-state index contributed by atoms with van der Waals surface area (Å²) in [6.45, 7) is 0. The second kappa shape index (κ2) is 8.67. The molecule has 0 saturated heterocycles. The Bertz CT molecular complexity index is 235. The van der Waals surface area contributed by atoms with E-state index in [4.69, 9.17) is 5.73 Å². The molecule has 0 aromatic heterocycles. The van der Waals surface area contributed by atoms with Crippen LogP contribution < -0.4 is 5.73 Å². The second-order valence-electron chi connectivity index (χ2n) is 2.57. The number of nitrogens with two attached hydrogens (primary N) is 1. The Kier molecular flexibility index (Phi) is 8.73. The minimum atomic E-state index is -0.143. The van der Waals surface area contributed by atoms with Crippen molar-refractivity contribution in [3.8, 4) is 0 Å². The van der Waals surface area contributed by atoms with Gasteiger partial charge in [-0.15, -0.1) is 12.6 Å². The summed E-state index contributed by atoms with van der Waals surface area (Å²) < 4.78 is 0.194. The van der Waals surface area contributed by atoms with E-state index in [0.29, 0.717) is 0 Å². The van der Waals surface area contributed by atoms with E-state index in [0.717, 1.165) is 0 Å². The van der Waals surface area contributed by atoms with Crippen molar-refractivity contribution >= 4 is 29.2 Å². The van der Waals surface area contributed by atoms with Gasteiger partial charge in [-0.1, -0.05) is 12.2 Å². The fraction of sp³-hybridized carbons (Fsp3) is 0.222. The van der Waals surface area contributed by atoms with Crippen LogP contribution in [0.4, 0.5) is 0 Å². The SMILES string of the molecule is NC(=S)S.[CH3][Zn][CH2]c1ccccc1.